The van der Waals surface area contributed by atoms with Crippen LogP contribution in [0.4, 0.5) is 11.4 Å². The maximum absolute atomic E-state index is 12.7. The van der Waals surface area contributed by atoms with Crippen LogP contribution in [-0.4, -0.2) is 4.89 Å². The summed E-state index contributed by atoms with van der Waals surface area (Å²) < 4.78 is 4.39. The van der Waals surface area contributed by atoms with Gasteiger partial charge in [-0.1, -0.05) is 96.1 Å². The summed E-state index contributed by atoms with van der Waals surface area (Å²) in [5.74, 6) is 0. The number of hydrogen-bond acceptors (Lipinski definition) is 1. The van der Waals surface area contributed by atoms with Crippen molar-refractivity contribution in [3.8, 4) is 0 Å². The van der Waals surface area contributed by atoms with Gasteiger partial charge in [0.25, 0.3) is 6.57 Å². The molecule has 4 aromatic carbocycles. The summed E-state index contributed by atoms with van der Waals surface area (Å²) in [7, 11) is 0. The predicted molar refractivity (Wildman–Crippen MR) is 161 cm³/mol. The zero-order valence-corrected chi connectivity index (χ0v) is 24.1. The first-order valence-corrected chi connectivity index (χ1v) is 15.4. The zero-order valence-electron chi connectivity index (χ0n) is 22.4. The molecule has 5 heteroatoms. The predicted octanol–water partition coefficient (Wildman–Crippen LogP) is 8.56. The Morgan fingerprint density at radius 2 is 0.865 bits per heavy atom. The highest BCUT2D eigenvalue weighted by molar-refractivity contribution is 8.13. The van der Waals surface area contributed by atoms with E-state index >= 15 is 0 Å². The lowest BCUT2D eigenvalue weighted by molar-refractivity contribution is 0.616. The van der Waals surface area contributed by atoms with Crippen molar-refractivity contribution in [2.45, 2.75) is 53.6 Å². The molecule has 1 heterocycles. The molecule has 2 atom stereocenters. The van der Waals surface area contributed by atoms with E-state index in [-0.39, 0.29) is 12.1 Å². The minimum atomic E-state index is -3.29. The fourth-order valence-corrected chi connectivity index (χ4v) is 9.88. The third-order valence-corrected chi connectivity index (χ3v) is 10.5. The first-order chi connectivity index (χ1) is 17.6. The molecule has 1 fully saturated rings. The van der Waals surface area contributed by atoms with E-state index in [1.165, 1.54) is 11.1 Å². The molecule has 1 saturated heterocycles. The number of hydrogen-bond donors (Lipinski definition) is 1. The Bertz CT molecular complexity index is 1350. The van der Waals surface area contributed by atoms with Crippen LogP contribution in [0, 0.1) is 41.5 Å². The third-order valence-electron chi connectivity index (χ3n) is 7.40. The summed E-state index contributed by atoms with van der Waals surface area (Å²) >= 11 is 6.39. The summed E-state index contributed by atoms with van der Waals surface area (Å²) in [4.78, 5) is 12.7. The van der Waals surface area contributed by atoms with E-state index in [4.69, 9.17) is 11.8 Å². The van der Waals surface area contributed by atoms with Crippen molar-refractivity contribution in [1.82, 2.24) is 0 Å². The van der Waals surface area contributed by atoms with Gasteiger partial charge in [-0.2, -0.15) is 0 Å². The normalized spacial score (nSPS) is 18.9. The van der Waals surface area contributed by atoms with Crippen molar-refractivity contribution < 1.29 is 4.89 Å². The second-order valence-corrected chi connectivity index (χ2v) is 13.8. The lowest BCUT2D eigenvalue weighted by Crippen LogP contribution is -2.25. The van der Waals surface area contributed by atoms with E-state index in [9.17, 15) is 4.89 Å². The van der Waals surface area contributed by atoms with Crippen molar-refractivity contribution in [2.24, 2.45) is 0 Å². The van der Waals surface area contributed by atoms with Crippen LogP contribution in [0.1, 0.15) is 56.6 Å². The van der Waals surface area contributed by atoms with Crippen molar-refractivity contribution >= 4 is 29.7 Å². The molecule has 1 aliphatic rings. The molecule has 0 unspecified atom stereocenters. The summed E-state index contributed by atoms with van der Waals surface area (Å²) in [5.41, 5.74) is 11.3. The Morgan fingerprint density at radius 3 is 1.16 bits per heavy atom. The lowest BCUT2D eigenvalue weighted by atomic mass is 9.91. The molecular weight excluding hydrogens is 491 g/mol. The van der Waals surface area contributed by atoms with Gasteiger partial charge < -0.3 is 4.89 Å². The summed E-state index contributed by atoms with van der Waals surface area (Å²) in [5, 5.41) is 0. The van der Waals surface area contributed by atoms with Crippen LogP contribution in [0.25, 0.3) is 0 Å². The Hall–Kier alpha value is -2.91. The van der Waals surface area contributed by atoms with Crippen molar-refractivity contribution in [2.75, 3.05) is 9.34 Å². The van der Waals surface area contributed by atoms with Crippen LogP contribution in [-0.2, 0) is 11.8 Å². The average molecular weight is 527 g/mol. The summed E-state index contributed by atoms with van der Waals surface area (Å²) in [6.45, 7) is 9.49. The highest BCUT2D eigenvalue weighted by atomic mass is 32.5. The van der Waals surface area contributed by atoms with E-state index in [1.807, 2.05) is 12.1 Å². The minimum absolute atomic E-state index is 0.167. The maximum Gasteiger partial charge on any atom is 0.252 e. The molecule has 0 radical (unpaired) electrons. The summed E-state index contributed by atoms with van der Waals surface area (Å²) in [6, 6.07) is 29.5. The van der Waals surface area contributed by atoms with Crippen LogP contribution < -0.4 is 9.34 Å². The maximum atomic E-state index is 12.7. The van der Waals surface area contributed by atoms with Crippen LogP contribution in [0.15, 0.2) is 84.9 Å². The van der Waals surface area contributed by atoms with Crippen LogP contribution >= 0.6 is 6.57 Å². The van der Waals surface area contributed by atoms with Gasteiger partial charge >= 0.3 is 0 Å². The van der Waals surface area contributed by atoms with Gasteiger partial charge in [0.05, 0.1) is 23.5 Å². The molecule has 37 heavy (non-hydrogen) atoms. The molecule has 3 nitrogen and oxygen atoms in total. The van der Waals surface area contributed by atoms with Gasteiger partial charge in [-0.3, -0.25) is 9.34 Å². The SMILES string of the molecule is Cc1cc(C)c(N2[C@H](c3ccccc3)[C@@H](c3ccccc3)N(c3c(C)cc(C)cc3C)P2(O)=S)c(C)c1. The number of aryl methyl sites for hydroxylation is 6. The second-order valence-electron chi connectivity index (χ2n) is 10.4. The molecular formula is C32H35N2OPS. The van der Waals surface area contributed by atoms with Crippen molar-refractivity contribution in [3.05, 3.63) is 129 Å². The molecule has 0 spiro atoms. The fourth-order valence-electron chi connectivity index (χ4n) is 6.25. The molecule has 1 aliphatic heterocycles. The Labute approximate surface area is 226 Å². The Morgan fingerprint density at radius 1 is 0.568 bits per heavy atom. The van der Waals surface area contributed by atoms with Crippen LogP contribution in [0.3, 0.4) is 0 Å². The molecule has 0 bridgehead atoms. The van der Waals surface area contributed by atoms with Gasteiger partial charge in [-0.05, 0) is 86.7 Å². The van der Waals surface area contributed by atoms with E-state index in [0.717, 1.165) is 44.8 Å². The highest BCUT2D eigenvalue weighted by Crippen LogP contribution is 2.71. The van der Waals surface area contributed by atoms with E-state index in [2.05, 4.69) is 124 Å². The number of benzene rings is 4. The molecule has 0 aliphatic carbocycles. The average Bonchev–Trinajstić information content (AvgIpc) is 3.06. The molecule has 5 rings (SSSR count). The molecule has 0 aromatic heterocycles. The van der Waals surface area contributed by atoms with Crippen LogP contribution in [0.2, 0.25) is 0 Å². The second kappa shape index (κ2) is 9.76. The Kier molecular flexibility index (Phi) is 6.79. The molecule has 1 N–H and O–H groups in total. The first-order valence-electron chi connectivity index (χ1n) is 12.8. The lowest BCUT2D eigenvalue weighted by Gasteiger charge is -2.36. The minimum Gasteiger partial charge on any atom is -0.334 e. The van der Waals surface area contributed by atoms with Gasteiger partial charge in [-0.15, -0.1) is 0 Å². The number of nitrogens with zero attached hydrogens (tertiary/aromatic N) is 2. The largest absolute Gasteiger partial charge is 0.334 e. The third kappa shape index (κ3) is 4.42. The van der Waals surface area contributed by atoms with E-state index in [0.29, 0.717) is 0 Å². The van der Waals surface area contributed by atoms with Crippen LogP contribution in [0.5, 0.6) is 0 Å². The van der Waals surface area contributed by atoms with Gasteiger partial charge in [0.1, 0.15) is 0 Å². The van der Waals surface area contributed by atoms with Gasteiger partial charge in [0, 0.05) is 0 Å². The summed E-state index contributed by atoms with van der Waals surface area (Å²) in [6.07, 6.45) is 0. The zero-order chi connectivity index (χ0) is 26.5. The molecule has 0 amide bonds. The standard InChI is InChI=1S/C32H35N2OPS/c1-21-17-23(3)29(24(4)18-21)33-31(27-13-9-7-10-14-27)32(28-15-11-8-12-16-28)34(36(33,35)37)30-25(5)19-22(2)20-26(30)6/h7-20,31-32H,1-6H3,(H,35,37)/t31-,32-/m1/s1. The van der Waals surface area contributed by atoms with Gasteiger partial charge in [-0.25, -0.2) is 0 Å². The topological polar surface area (TPSA) is 26.7 Å². The first kappa shape index (κ1) is 25.7. The molecule has 4 aromatic rings. The van der Waals surface area contributed by atoms with Crippen molar-refractivity contribution in [1.29, 1.82) is 0 Å². The smallest absolute Gasteiger partial charge is 0.252 e. The van der Waals surface area contributed by atoms with E-state index < -0.39 is 6.57 Å². The monoisotopic (exact) mass is 526 g/mol. The highest BCUT2D eigenvalue weighted by Gasteiger charge is 2.54. The van der Waals surface area contributed by atoms with Gasteiger partial charge in [0.15, 0.2) is 0 Å². The van der Waals surface area contributed by atoms with Gasteiger partial charge in [0.2, 0.25) is 0 Å². The number of anilines is 2. The van der Waals surface area contributed by atoms with Crippen molar-refractivity contribution in [3.63, 3.8) is 0 Å². The van der Waals surface area contributed by atoms with E-state index in [1.54, 1.807) is 0 Å². The Balaban J connectivity index is 1.88. The quantitative estimate of drug-likeness (QED) is 0.270. The number of rotatable bonds is 4. The fraction of sp³-hybridized carbons (Fsp3) is 0.250. The molecule has 0 saturated carbocycles. The molecule has 190 valence electrons.